The first-order chi connectivity index (χ1) is 9.02. The quantitative estimate of drug-likeness (QED) is 0.720. The number of methoxy groups -OCH3 is 1. The molecule has 0 heterocycles. The minimum absolute atomic E-state index is 0.0419. The zero-order valence-corrected chi connectivity index (χ0v) is 13.1. The van der Waals surface area contributed by atoms with Crippen LogP contribution in [0.15, 0.2) is 45.3 Å². The van der Waals surface area contributed by atoms with Crippen LogP contribution in [0, 0.1) is 5.82 Å². The van der Waals surface area contributed by atoms with Gasteiger partial charge >= 0.3 is 0 Å². The Kier molecular flexibility index (Phi) is 4.37. The van der Waals surface area contributed by atoms with Gasteiger partial charge in [-0.3, -0.25) is 4.79 Å². The van der Waals surface area contributed by atoms with Gasteiger partial charge in [0.15, 0.2) is 5.78 Å². The van der Waals surface area contributed by atoms with E-state index in [1.807, 2.05) is 0 Å². The lowest BCUT2D eigenvalue weighted by Crippen LogP contribution is -2.04. The van der Waals surface area contributed by atoms with Crippen molar-refractivity contribution in [1.82, 2.24) is 0 Å². The Morgan fingerprint density at radius 2 is 1.89 bits per heavy atom. The van der Waals surface area contributed by atoms with Crippen molar-refractivity contribution in [2.45, 2.75) is 0 Å². The average Bonchev–Trinajstić information content (AvgIpc) is 2.38. The van der Waals surface area contributed by atoms with Gasteiger partial charge in [0.1, 0.15) is 11.6 Å². The van der Waals surface area contributed by atoms with Crippen molar-refractivity contribution < 1.29 is 13.9 Å². The molecular formula is C14H9Br2FO2. The third-order valence-corrected chi connectivity index (χ3v) is 3.70. The van der Waals surface area contributed by atoms with Gasteiger partial charge in [-0.1, -0.05) is 15.9 Å². The molecule has 0 unspecified atom stereocenters. The second-order valence-electron chi connectivity index (χ2n) is 3.80. The number of carbonyl (C=O) groups is 1. The minimum Gasteiger partial charge on any atom is -0.496 e. The molecule has 2 rings (SSSR count). The second-order valence-corrected chi connectivity index (χ2v) is 5.57. The molecule has 2 aromatic rings. The lowest BCUT2D eigenvalue weighted by atomic mass is 10.0. The molecule has 0 N–H and O–H groups in total. The molecule has 98 valence electrons. The van der Waals surface area contributed by atoms with Crippen LogP contribution in [0.25, 0.3) is 0 Å². The Hall–Kier alpha value is -1.20. The summed E-state index contributed by atoms with van der Waals surface area (Å²) in [5.74, 6) is -0.299. The van der Waals surface area contributed by atoms with E-state index in [0.29, 0.717) is 20.3 Å². The summed E-state index contributed by atoms with van der Waals surface area (Å²) in [5, 5.41) is 0. The summed E-state index contributed by atoms with van der Waals surface area (Å²) in [6.45, 7) is 0. The fourth-order valence-electron chi connectivity index (χ4n) is 1.64. The van der Waals surface area contributed by atoms with Gasteiger partial charge in [0.05, 0.1) is 17.1 Å². The van der Waals surface area contributed by atoms with Crippen LogP contribution in [0.2, 0.25) is 0 Å². The molecular weight excluding hydrogens is 379 g/mol. The van der Waals surface area contributed by atoms with Crippen molar-refractivity contribution in [2.24, 2.45) is 0 Å². The summed E-state index contributed by atoms with van der Waals surface area (Å²) in [6.07, 6.45) is 0. The molecule has 0 amide bonds. The number of rotatable bonds is 3. The first kappa shape index (κ1) is 14.2. The van der Waals surface area contributed by atoms with Crippen molar-refractivity contribution >= 4 is 37.6 Å². The monoisotopic (exact) mass is 386 g/mol. The maximum absolute atomic E-state index is 13.7. The molecule has 0 fully saturated rings. The zero-order valence-electron chi connectivity index (χ0n) is 9.91. The first-order valence-corrected chi connectivity index (χ1v) is 6.95. The van der Waals surface area contributed by atoms with E-state index in [1.54, 1.807) is 24.3 Å². The third kappa shape index (κ3) is 3.04. The molecule has 2 nitrogen and oxygen atoms in total. The van der Waals surface area contributed by atoms with E-state index >= 15 is 0 Å². The van der Waals surface area contributed by atoms with Crippen LogP contribution in [0.5, 0.6) is 5.75 Å². The molecule has 0 aliphatic carbocycles. The van der Waals surface area contributed by atoms with Gasteiger partial charge in [-0.25, -0.2) is 4.39 Å². The molecule has 5 heteroatoms. The molecule has 0 atom stereocenters. The van der Waals surface area contributed by atoms with Gasteiger partial charge in [0.2, 0.25) is 0 Å². The zero-order chi connectivity index (χ0) is 14.0. The molecule has 19 heavy (non-hydrogen) atoms. The molecule has 0 radical (unpaired) electrons. The van der Waals surface area contributed by atoms with Crippen LogP contribution in [0.4, 0.5) is 4.39 Å². The lowest BCUT2D eigenvalue weighted by Gasteiger charge is -2.07. The van der Waals surface area contributed by atoms with E-state index in [0.717, 1.165) is 0 Å². The van der Waals surface area contributed by atoms with Crippen molar-refractivity contribution in [3.8, 4) is 5.75 Å². The van der Waals surface area contributed by atoms with Crippen LogP contribution in [-0.4, -0.2) is 12.9 Å². The number of hydrogen-bond donors (Lipinski definition) is 0. The maximum atomic E-state index is 13.7. The molecule has 0 spiro atoms. The summed E-state index contributed by atoms with van der Waals surface area (Å²) < 4.78 is 20.1. The first-order valence-electron chi connectivity index (χ1n) is 5.36. The third-order valence-electron chi connectivity index (χ3n) is 2.59. The molecule has 0 saturated heterocycles. The Morgan fingerprint density at radius 3 is 2.47 bits per heavy atom. The van der Waals surface area contributed by atoms with Crippen molar-refractivity contribution in [1.29, 1.82) is 0 Å². The highest BCUT2D eigenvalue weighted by Gasteiger charge is 2.15. The van der Waals surface area contributed by atoms with Crippen LogP contribution in [0.1, 0.15) is 15.9 Å². The van der Waals surface area contributed by atoms with E-state index in [9.17, 15) is 9.18 Å². The molecule has 0 aromatic heterocycles. The topological polar surface area (TPSA) is 26.3 Å². The highest BCUT2D eigenvalue weighted by atomic mass is 79.9. The maximum Gasteiger partial charge on any atom is 0.196 e. The molecule has 0 saturated carbocycles. The van der Waals surface area contributed by atoms with Crippen molar-refractivity contribution in [3.05, 3.63) is 62.3 Å². The highest BCUT2D eigenvalue weighted by Crippen LogP contribution is 2.27. The lowest BCUT2D eigenvalue weighted by molar-refractivity contribution is 0.103. The van der Waals surface area contributed by atoms with Crippen LogP contribution in [-0.2, 0) is 0 Å². The fraction of sp³-hybridized carbons (Fsp3) is 0.0714. The number of ether oxygens (including phenoxy) is 1. The Morgan fingerprint density at radius 1 is 1.16 bits per heavy atom. The van der Waals surface area contributed by atoms with E-state index in [2.05, 4.69) is 31.9 Å². The van der Waals surface area contributed by atoms with Crippen LogP contribution in [0.3, 0.4) is 0 Å². The van der Waals surface area contributed by atoms with Gasteiger partial charge in [0.25, 0.3) is 0 Å². The predicted molar refractivity (Wildman–Crippen MR) is 78.2 cm³/mol. The standard InChI is InChI=1S/C14H9Br2FO2/c1-19-13-5-2-8(6-11(13)16)14(18)10-4-3-9(15)7-12(10)17/h2-7H,1H3. The molecule has 2 aromatic carbocycles. The van der Waals surface area contributed by atoms with Gasteiger partial charge in [-0.15, -0.1) is 0 Å². The van der Waals surface area contributed by atoms with Gasteiger partial charge in [-0.2, -0.15) is 0 Å². The predicted octanol–water partition coefficient (Wildman–Crippen LogP) is 4.59. The summed E-state index contributed by atoms with van der Waals surface area (Å²) in [7, 11) is 1.54. The average molecular weight is 388 g/mol. The molecule has 0 aliphatic rings. The summed E-state index contributed by atoms with van der Waals surface area (Å²) in [5.41, 5.74) is 0.439. The second kappa shape index (κ2) is 5.84. The summed E-state index contributed by atoms with van der Waals surface area (Å²) in [6, 6.07) is 9.24. The largest absolute Gasteiger partial charge is 0.496 e. The Balaban J connectivity index is 2.41. The minimum atomic E-state index is -0.550. The van der Waals surface area contributed by atoms with Crippen molar-refractivity contribution in [3.63, 3.8) is 0 Å². The fourth-order valence-corrected chi connectivity index (χ4v) is 2.51. The Labute approximate surface area is 126 Å². The van der Waals surface area contributed by atoms with Crippen LogP contribution >= 0.6 is 31.9 Å². The van der Waals surface area contributed by atoms with E-state index in [1.165, 1.54) is 19.2 Å². The summed E-state index contributed by atoms with van der Waals surface area (Å²) >= 11 is 6.46. The van der Waals surface area contributed by atoms with E-state index < -0.39 is 5.82 Å². The smallest absolute Gasteiger partial charge is 0.196 e. The van der Waals surface area contributed by atoms with Crippen LogP contribution < -0.4 is 4.74 Å². The normalized spacial score (nSPS) is 10.3. The number of carbonyl (C=O) groups excluding carboxylic acids is 1. The number of benzene rings is 2. The van der Waals surface area contributed by atoms with Gasteiger partial charge < -0.3 is 4.74 Å². The van der Waals surface area contributed by atoms with E-state index in [-0.39, 0.29) is 11.3 Å². The number of hydrogen-bond acceptors (Lipinski definition) is 2. The SMILES string of the molecule is COc1ccc(C(=O)c2ccc(Br)cc2F)cc1Br. The Bertz CT molecular complexity index is 641. The number of halogens is 3. The molecule has 0 aliphatic heterocycles. The molecule has 0 bridgehead atoms. The van der Waals surface area contributed by atoms with Crippen molar-refractivity contribution in [2.75, 3.05) is 7.11 Å². The highest BCUT2D eigenvalue weighted by molar-refractivity contribution is 9.10. The summed E-state index contributed by atoms with van der Waals surface area (Å²) in [4.78, 5) is 12.2. The van der Waals surface area contributed by atoms with Gasteiger partial charge in [-0.05, 0) is 52.3 Å². The number of ketones is 1. The van der Waals surface area contributed by atoms with Gasteiger partial charge in [0, 0.05) is 10.0 Å². The van der Waals surface area contributed by atoms with E-state index in [4.69, 9.17) is 4.74 Å².